The van der Waals surface area contributed by atoms with E-state index < -0.39 is 4.92 Å². The number of aryl methyl sites for hydroxylation is 1. The molecule has 0 saturated carbocycles. The molecule has 2 heterocycles. The number of non-ortho nitro benzene ring substituents is 1. The van der Waals surface area contributed by atoms with Crippen LogP contribution < -0.4 is 0 Å². The summed E-state index contributed by atoms with van der Waals surface area (Å²) in [6, 6.07) is 16.6. The van der Waals surface area contributed by atoms with Crippen molar-refractivity contribution in [1.29, 1.82) is 0 Å². The average Bonchev–Trinajstić information content (AvgIpc) is 3.03. The van der Waals surface area contributed by atoms with Crippen LogP contribution in [0.1, 0.15) is 10.4 Å². The van der Waals surface area contributed by atoms with Crippen LogP contribution >= 0.6 is 34.7 Å². The lowest BCUT2D eigenvalue weighted by Crippen LogP contribution is -1.91. The van der Waals surface area contributed by atoms with Gasteiger partial charge in [-0.05, 0) is 18.1 Å². The molecule has 8 heteroatoms. The summed E-state index contributed by atoms with van der Waals surface area (Å²) in [5.74, 6) is 0.607. The van der Waals surface area contributed by atoms with Crippen LogP contribution in [0.5, 0.6) is 0 Å². The fourth-order valence-electron chi connectivity index (χ4n) is 2.93. The topological polar surface area (TPSA) is 68.9 Å². The molecule has 2 aromatic heterocycles. The van der Waals surface area contributed by atoms with Crippen molar-refractivity contribution in [1.82, 2.24) is 9.97 Å². The number of fused-ring (bicyclic) bond motifs is 1. The van der Waals surface area contributed by atoms with Gasteiger partial charge < -0.3 is 0 Å². The molecule has 4 rings (SSSR count). The maximum atomic E-state index is 10.8. The Hall–Kier alpha value is -2.48. The standard InChI is InChI=1S/C20H14ClN3O2S2/c1-12-16(14-5-3-2-4-6-14)17-18(21)22-20(23-19(17)28-12)27-11-13-7-9-15(10-8-13)24(25)26/h2-10H,11H2,1H3. The monoisotopic (exact) mass is 427 g/mol. The largest absolute Gasteiger partial charge is 0.269 e. The molecule has 0 bridgehead atoms. The zero-order valence-corrected chi connectivity index (χ0v) is 17.1. The Bertz CT molecular complexity index is 1160. The summed E-state index contributed by atoms with van der Waals surface area (Å²) in [5.41, 5.74) is 3.22. The van der Waals surface area contributed by atoms with Gasteiger partial charge in [0.2, 0.25) is 0 Å². The first-order chi connectivity index (χ1) is 13.5. The number of halogens is 1. The van der Waals surface area contributed by atoms with Gasteiger partial charge in [-0.2, -0.15) is 0 Å². The SMILES string of the molecule is Cc1sc2nc(SCc3ccc([N+](=O)[O-])cc3)nc(Cl)c2c1-c1ccccc1. The molecule has 5 nitrogen and oxygen atoms in total. The summed E-state index contributed by atoms with van der Waals surface area (Å²) in [7, 11) is 0. The van der Waals surface area contributed by atoms with Crippen molar-refractivity contribution in [2.24, 2.45) is 0 Å². The van der Waals surface area contributed by atoms with Crippen molar-refractivity contribution in [2.75, 3.05) is 0 Å². The maximum Gasteiger partial charge on any atom is 0.269 e. The minimum Gasteiger partial charge on any atom is -0.258 e. The first-order valence-corrected chi connectivity index (χ1v) is 10.6. The van der Waals surface area contributed by atoms with Crippen molar-refractivity contribution in [3.8, 4) is 11.1 Å². The number of benzene rings is 2. The van der Waals surface area contributed by atoms with E-state index >= 15 is 0 Å². The highest BCUT2D eigenvalue weighted by Gasteiger charge is 2.17. The van der Waals surface area contributed by atoms with Crippen LogP contribution in [0.25, 0.3) is 21.3 Å². The van der Waals surface area contributed by atoms with Crippen LogP contribution in [0.3, 0.4) is 0 Å². The maximum absolute atomic E-state index is 10.8. The van der Waals surface area contributed by atoms with E-state index in [1.54, 1.807) is 23.5 Å². The fraction of sp³-hybridized carbons (Fsp3) is 0.100. The first-order valence-electron chi connectivity index (χ1n) is 8.41. The molecule has 2 aromatic carbocycles. The van der Waals surface area contributed by atoms with Crippen molar-refractivity contribution in [2.45, 2.75) is 17.8 Å². The van der Waals surface area contributed by atoms with Gasteiger partial charge >= 0.3 is 0 Å². The van der Waals surface area contributed by atoms with Gasteiger partial charge in [-0.1, -0.05) is 65.8 Å². The Morgan fingerprint density at radius 2 is 1.82 bits per heavy atom. The molecule has 4 aromatic rings. The third-order valence-corrected chi connectivity index (χ3v) is 6.43. The average molecular weight is 428 g/mol. The number of aromatic nitrogens is 2. The second-order valence-corrected chi connectivity index (χ2v) is 8.59. The summed E-state index contributed by atoms with van der Waals surface area (Å²) in [4.78, 5) is 21.5. The number of thiophene rings is 1. The minimum atomic E-state index is -0.406. The molecule has 0 amide bonds. The Kier molecular flexibility index (Phi) is 5.30. The van der Waals surface area contributed by atoms with E-state index in [-0.39, 0.29) is 5.69 Å². The number of hydrogen-bond acceptors (Lipinski definition) is 6. The fourth-order valence-corrected chi connectivity index (χ4v) is 5.20. The van der Waals surface area contributed by atoms with Gasteiger partial charge in [-0.3, -0.25) is 10.1 Å². The molecule has 0 aliphatic rings. The minimum absolute atomic E-state index is 0.0805. The lowest BCUT2D eigenvalue weighted by Gasteiger charge is -2.05. The zero-order chi connectivity index (χ0) is 19.7. The molecule has 0 atom stereocenters. The van der Waals surface area contributed by atoms with Crippen LogP contribution in [-0.4, -0.2) is 14.9 Å². The van der Waals surface area contributed by atoms with E-state index in [2.05, 4.69) is 29.0 Å². The number of hydrogen-bond donors (Lipinski definition) is 0. The molecular formula is C20H14ClN3O2S2. The molecule has 140 valence electrons. The molecule has 0 unspecified atom stereocenters. The van der Waals surface area contributed by atoms with E-state index in [0.29, 0.717) is 16.1 Å². The van der Waals surface area contributed by atoms with Crippen LogP contribution in [-0.2, 0) is 5.75 Å². The summed E-state index contributed by atoms with van der Waals surface area (Å²) in [6.07, 6.45) is 0. The second kappa shape index (κ2) is 7.87. The molecule has 0 aliphatic carbocycles. The number of thioether (sulfide) groups is 1. The predicted molar refractivity (Wildman–Crippen MR) is 115 cm³/mol. The predicted octanol–water partition coefficient (Wildman–Crippen LogP) is 6.52. The Balaban J connectivity index is 1.62. The molecule has 0 spiro atoms. The Morgan fingerprint density at radius 1 is 1.11 bits per heavy atom. The van der Waals surface area contributed by atoms with Gasteiger partial charge in [0.1, 0.15) is 9.98 Å². The van der Waals surface area contributed by atoms with E-state index in [1.807, 2.05) is 18.2 Å². The van der Waals surface area contributed by atoms with Crippen molar-refractivity contribution < 1.29 is 4.92 Å². The van der Waals surface area contributed by atoms with Crippen molar-refractivity contribution in [3.63, 3.8) is 0 Å². The van der Waals surface area contributed by atoms with Gasteiger partial charge in [0.05, 0.1) is 10.3 Å². The summed E-state index contributed by atoms with van der Waals surface area (Å²) >= 11 is 9.60. The quantitative estimate of drug-likeness (QED) is 0.119. The van der Waals surface area contributed by atoms with E-state index in [1.165, 1.54) is 23.9 Å². The third-order valence-electron chi connectivity index (χ3n) is 4.24. The van der Waals surface area contributed by atoms with E-state index in [4.69, 9.17) is 11.6 Å². The van der Waals surface area contributed by atoms with Gasteiger partial charge in [0.15, 0.2) is 5.16 Å². The lowest BCUT2D eigenvalue weighted by molar-refractivity contribution is -0.384. The van der Waals surface area contributed by atoms with Crippen LogP contribution in [0.2, 0.25) is 5.15 Å². The molecule has 0 saturated heterocycles. The second-order valence-electron chi connectivity index (χ2n) is 6.09. The first kappa shape index (κ1) is 18.9. The lowest BCUT2D eigenvalue weighted by atomic mass is 10.0. The molecule has 0 radical (unpaired) electrons. The van der Waals surface area contributed by atoms with E-state index in [0.717, 1.165) is 31.8 Å². The third kappa shape index (κ3) is 3.73. The Labute approximate surface area is 174 Å². The van der Waals surface area contributed by atoms with Gasteiger partial charge in [-0.25, -0.2) is 9.97 Å². The highest BCUT2D eigenvalue weighted by molar-refractivity contribution is 7.98. The number of nitro groups is 1. The molecule has 0 aliphatic heterocycles. The van der Waals surface area contributed by atoms with Crippen LogP contribution in [0.4, 0.5) is 5.69 Å². The molecule has 0 N–H and O–H groups in total. The highest BCUT2D eigenvalue weighted by atomic mass is 35.5. The number of nitrogens with zero attached hydrogens (tertiary/aromatic N) is 3. The summed E-state index contributed by atoms with van der Waals surface area (Å²) < 4.78 is 0. The van der Waals surface area contributed by atoms with Crippen LogP contribution in [0, 0.1) is 17.0 Å². The van der Waals surface area contributed by atoms with E-state index in [9.17, 15) is 10.1 Å². The highest BCUT2D eigenvalue weighted by Crippen LogP contribution is 2.41. The van der Waals surface area contributed by atoms with Gasteiger partial charge in [-0.15, -0.1) is 11.3 Å². The van der Waals surface area contributed by atoms with Crippen molar-refractivity contribution in [3.05, 3.63) is 80.3 Å². The number of nitro benzene ring substituents is 1. The summed E-state index contributed by atoms with van der Waals surface area (Å²) in [6.45, 7) is 2.06. The van der Waals surface area contributed by atoms with Gasteiger partial charge in [0.25, 0.3) is 5.69 Å². The molecule has 0 fully saturated rings. The smallest absolute Gasteiger partial charge is 0.258 e. The van der Waals surface area contributed by atoms with Gasteiger partial charge in [0, 0.05) is 28.3 Å². The Morgan fingerprint density at radius 3 is 2.50 bits per heavy atom. The van der Waals surface area contributed by atoms with Crippen LogP contribution in [0.15, 0.2) is 59.8 Å². The summed E-state index contributed by atoms with van der Waals surface area (Å²) in [5, 5.41) is 12.7. The molecular weight excluding hydrogens is 414 g/mol. The normalized spacial score (nSPS) is 11.1. The molecule has 28 heavy (non-hydrogen) atoms. The zero-order valence-electron chi connectivity index (χ0n) is 14.8. The number of rotatable bonds is 5. The van der Waals surface area contributed by atoms with Crippen molar-refractivity contribution >= 4 is 50.6 Å².